The van der Waals surface area contributed by atoms with Crippen LogP contribution in [0.25, 0.3) is 11.1 Å². The molecule has 2 N–H and O–H groups in total. The fourth-order valence-electron chi connectivity index (χ4n) is 6.14. The molecule has 6 rings (SSSR count). The molecule has 3 amide bonds. The molecule has 7 nitrogen and oxygen atoms in total. The van der Waals surface area contributed by atoms with Gasteiger partial charge in [-0.3, -0.25) is 19.9 Å². The van der Waals surface area contributed by atoms with Crippen molar-refractivity contribution in [3.8, 4) is 5.75 Å². The van der Waals surface area contributed by atoms with Gasteiger partial charge in [0.2, 0.25) is 5.91 Å². The first-order valence-electron chi connectivity index (χ1n) is 15.4. The molecule has 45 heavy (non-hydrogen) atoms. The molecule has 2 aliphatic rings. The number of rotatable bonds is 9. The number of halogens is 1. The monoisotopic (exact) mass is 620 g/mol. The molecule has 0 spiro atoms. The van der Waals surface area contributed by atoms with E-state index in [9.17, 15) is 14.7 Å². The number of imide groups is 1. The predicted molar refractivity (Wildman–Crippen MR) is 182 cm³/mol. The Morgan fingerprint density at radius 2 is 1.33 bits per heavy atom. The van der Waals surface area contributed by atoms with Gasteiger partial charge >= 0.3 is 6.03 Å². The minimum absolute atomic E-state index is 0.224. The number of urea groups is 1. The van der Waals surface area contributed by atoms with E-state index in [0.29, 0.717) is 18.8 Å². The molecule has 0 aromatic heterocycles. The van der Waals surface area contributed by atoms with Crippen LogP contribution in [-0.4, -0.2) is 60.5 Å². The number of allylic oxidation sites excluding steroid dienone is 1. The molecule has 2 aliphatic heterocycles. The summed E-state index contributed by atoms with van der Waals surface area (Å²) >= 11 is 6.32. The van der Waals surface area contributed by atoms with Crippen LogP contribution in [0.3, 0.4) is 0 Å². The van der Waals surface area contributed by atoms with Crippen molar-refractivity contribution in [2.24, 2.45) is 0 Å². The lowest BCUT2D eigenvalue weighted by Crippen LogP contribution is -2.49. The van der Waals surface area contributed by atoms with Crippen molar-refractivity contribution in [3.05, 3.63) is 125 Å². The van der Waals surface area contributed by atoms with Crippen molar-refractivity contribution in [2.75, 3.05) is 48.4 Å². The Morgan fingerprint density at radius 3 is 1.96 bits per heavy atom. The number of carbonyl (C=O) groups is 2. The van der Waals surface area contributed by atoms with Crippen molar-refractivity contribution in [1.29, 1.82) is 0 Å². The summed E-state index contributed by atoms with van der Waals surface area (Å²) in [5.41, 5.74) is 8.81. The fourth-order valence-corrected chi connectivity index (χ4v) is 6.33. The van der Waals surface area contributed by atoms with Crippen LogP contribution < -0.4 is 15.1 Å². The van der Waals surface area contributed by atoms with E-state index in [1.165, 1.54) is 16.8 Å². The van der Waals surface area contributed by atoms with E-state index in [4.69, 9.17) is 11.6 Å². The molecular formula is C37H37ClN4O3. The molecule has 2 fully saturated rings. The fraction of sp³-hybridized carbons (Fsp3) is 0.243. The molecule has 4 aromatic rings. The third-order valence-electron chi connectivity index (χ3n) is 8.53. The molecule has 0 atom stereocenters. The normalized spacial score (nSPS) is 16.4. The Kier molecular flexibility index (Phi) is 9.48. The molecule has 0 aliphatic carbocycles. The number of phenolic OH excluding ortho intramolecular Hbond substituents is 1. The van der Waals surface area contributed by atoms with Gasteiger partial charge in [-0.1, -0.05) is 66.7 Å². The third-order valence-corrected chi connectivity index (χ3v) is 8.72. The van der Waals surface area contributed by atoms with E-state index in [2.05, 4.69) is 75.8 Å². The number of piperazine rings is 1. The zero-order chi connectivity index (χ0) is 31.2. The van der Waals surface area contributed by atoms with Crippen LogP contribution in [0.2, 0.25) is 0 Å². The van der Waals surface area contributed by atoms with Crippen molar-refractivity contribution < 1.29 is 14.7 Å². The summed E-state index contributed by atoms with van der Waals surface area (Å²) in [6.45, 7) is 5.02. The van der Waals surface area contributed by atoms with Gasteiger partial charge in [-0.05, 0) is 76.2 Å². The predicted octanol–water partition coefficient (Wildman–Crippen LogP) is 6.75. The molecule has 2 saturated heterocycles. The zero-order valence-electron chi connectivity index (χ0n) is 25.2. The summed E-state index contributed by atoms with van der Waals surface area (Å²) in [5.74, 6) is 0.530. The number of hydrogen-bond donors (Lipinski definition) is 2. The van der Waals surface area contributed by atoms with Crippen molar-refractivity contribution in [2.45, 2.75) is 19.4 Å². The summed E-state index contributed by atoms with van der Waals surface area (Å²) in [5, 5.41) is 12.3. The summed E-state index contributed by atoms with van der Waals surface area (Å²) < 4.78 is 0. The van der Waals surface area contributed by atoms with Gasteiger partial charge in [0, 0.05) is 62.9 Å². The first-order chi connectivity index (χ1) is 22.0. The highest BCUT2D eigenvalue weighted by molar-refractivity contribution is 6.18. The lowest BCUT2D eigenvalue weighted by molar-refractivity contribution is -0.120. The Hall–Kier alpha value is -4.59. The minimum atomic E-state index is -0.359. The maximum atomic E-state index is 12.2. The van der Waals surface area contributed by atoms with E-state index >= 15 is 0 Å². The van der Waals surface area contributed by atoms with Gasteiger partial charge in [0.1, 0.15) is 5.75 Å². The van der Waals surface area contributed by atoms with Crippen LogP contribution in [-0.2, 0) is 11.3 Å². The molecule has 4 aromatic carbocycles. The summed E-state index contributed by atoms with van der Waals surface area (Å²) in [4.78, 5) is 30.1. The second-order valence-corrected chi connectivity index (χ2v) is 11.8. The lowest BCUT2D eigenvalue weighted by atomic mass is 9.88. The number of benzene rings is 4. The number of amides is 3. The van der Waals surface area contributed by atoms with Crippen molar-refractivity contribution >= 4 is 46.1 Å². The summed E-state index contributed by atoms with van der Waals surface area (Å²) in [6.07, 6.45) is 1.04. The number of alkyl halides is 1. The molecule has 0 saturated carbocycles. The van der Waals surface area contributed by atoms with Gasteiger partial charge in [0.15, 0.2) is 0 Å². The van der Waals surface area contributed by atoms with E-state index in [1.807, 2.05) is 30.3 Å². The minimum Gasteiger partial charge on any atom is -0.508 e. The van der Waals surface area contributed by atoms with Gasteiger partial charge in [-0.25, -0.2) is 4.79 Å². The van der Waals surface area contributed by atoms with Gasteiger partial charge in [-0.2, -0.15) is 0 Å². The van der Waals surface area contributed by atoms with Crippen molar-refractivity contribution in [3.63, 3.8) is 0 Å². The molecule has 2 heterocycles. The largest absolute Gasteiger partial charge is 0.508 e. The SMILES string of the molecule is O=C1CCN(c2ccc(CN3CCN(c4ccc(C(=C(CCCl)c5ccccc5)c5ccc(O)cc5)cc4)CC3)cc2)C(=O)N1. The highest BCUT2D eigenvalue weighted by Gasteiger charge is 2.24. The molecular weight excluding hydrogens is 584 g/mol. The Labute approximate surface area is 269 Å². The molecule has 0 bridgehead atoms. The number of anilines is 2. The molecule has 230 valence electrons. The molecule has 0 radical (unpaired) electrons. The average molecular weight is 621 g/mol. The lowest BCUT2D eigenvalue weighted by Gasteiger charge is -2.36. The van der Waals surface area contributed by atoms with Crippen LogP contribution in [0.5, 0.6) is 5.75 Å². The van der Waals surface area contributed by atoms with Crippen LogP contribution in [0, 0.1) is 0 Å². The smallest absolute Gasteiger partial charge is 0.328 e. The van der Waals surface area contributed by atoms with Crippen molar-refractivity contribution in [1.82, 2.24) is 10.2 Å². The third kappa shape index (κ3) is 7.22. The molecule has 8 heteroatoms. The number of phenols is 1. The maximum absolute atomic E-state index is 12.2. The number of nitrogens with one attached hydrogen (secondary N) is 1. The Bertz CT molecular complexity index is 1650. The number of aromatic hydroxyl groups is 1. The van der Waals surface area contributed by atoms with Crippen LogP contribution in [0.1, 0.15) is 35.1 Å². The highest BCUT2D eigenvalue weighted by Crippen LogP contribution is 2.36. The van der Waals surface area contributed by atoms with E-state index < -0.39 is 0 Å². The Balaban J connectivity index is 1.13. The number of nitrogens with zero attached hydrogens (tertiary/aromatic N) is 3. The Morgan fingerprint density at radius 1 is 0.711 bits per heavy atom. The zero-order valence-corrected chi connectivity index (χ0v) is 25.9. The average Bonchev–Trinajstić information content (AvgIpc) is 3.07. The second-order valence-electron chi connectivity index (χ2n) is 11.4. The first kappa shape index (κ1) is 30.4. The maximum Gasteiger partial charge on any atom is 0.328 e. The van der Waals surface area contributed by atoms with Gasteiger partial charge in [0.05, 0.1) is 0 Å². The van der Waals surface area contributed by atoms with Crippen LogP contribution >= 0.6 is 11.6 Å². The van der Waals surface area contributed by atoms with Gasteiger partial charge in [0.25, 0.3) is 0 Å². The van der Waals surface area contributed by atoms with Gasteiger partial charge in [-0.15, -0.1) is 11.6 Å². The second kappa shape index (κ2) is 14.0. The van der Waals surface area contributed by atoms with E-state index in [-0.39, 0.29) is 17.7 Å². The standard InChI is InChI=1S/C37H37ClN4O3/c38-20-18-34(28-4-2-1-3-5-28)36(30-10-16-33(43)17-11-30)29-8-14-31(15-9-29)41-24-22-40(23-25-41)26-27-6-12-32(13-7-27)42-21-19-35(44)39-37(42)45/h1-17,43H,18-26H2,(H,39,44,45). The number of carbonyl (C=O) groups excluding carboxylic acids is 2. The van der Waals surface area contributed by atoms with Crippen LogP contribution in [0.4, 0.5) is 16.2 Å². The van der Waals surface area contributed by atoms with Crippen LogP contribution in [0.15, 0.2) is 103 Å². The van der Waals surface area contributed by atoms with E-state index in [1.54, 1.807) is 17.0 Å². The summed E-state index contributed by atoms with van der Waals surface area (Å²) in [7, 11) is 0. The first-order valence-corrected chi connectivity index (χ1v) is 15.9. The summed E-state index contributed by atoms with van der Waals surface area (Å²) in [6, 6.07) is 34.3. The number of hydrogen-bond acceptors (Lipinski definition) is 5. The quantitative estimate of drug-likeness (QED) is 0.160. The highest BCUT2D eigenvalue weighted by atomic mass is 35.5. The van der Waals surface area contributed by atoms with E-state index in [0.717, 1.165) is 67.1 Å². The molecule has 0 unspecified atom stereocenters. The van der Waals surface area contributed by atoms with Gasteiger partial charge < -0.3 is 10.0 Å². The topological polar surface area (TPSA) is 76.1 Å².